The Morgan fingerprint density at radius 3 is 2.70 bits per heavy atom. The molecule has 2 aliphatic rings. The molecule has 1 saturated heterocycles. The van der Waals surface area contributed by atoms with Gasteiger partial charge in [-0.3, -0.25) is 4.79 Å². The van der Waals surface area contributed by atoms with Crippen molar-refractivity contribution in [2.75, 3.05) is 6.61 Å². The van der Waals surface area contributed by atoms with Crippen LogP contribution in [0, 0.1) is 31.1 Å². The molecule has 146 valence electrons. The molecule has 1 unspecified atom stereocenters. The van der Waals surface area contributed by atoms with Gasteiger partial charge >= 0.3 is 0 Å². The van der Waals surface area contributed by atoms with Crippen LogP contribution in [0.4, 0.5) is 0 Å². The summed E-state index contributed by atoms with van der Waals surface area (Å²) in [6.07, 6.45) is 8.49. The van der Waals surface area contributed by atoms with Crippen molar-refractivity contribution in [1.29, 1.82) is 5.26 Å². The molecule has 1 atom stereocenters. The highest BCUT2D eigenvalue weighted by atomic mass is 16.5. The van der Waals surface area contributed by atoms with Crippen LogP contribution >= 0.6 is 0 Å². The first kappa shape index (κ1) is 19.7. The van der Waals surface area contributed by atoms with Crippen molar-refractivity contribution in [2.24, 2.45) is 5.92 Å². The summed E-state index contributed by atoms with van der Waals surface area (Å²) in [5.74, 6) is 0.486. The zero-order chi connectivity index (χ0) is 19.4. The summed E-state index contributed by atoms with van der Waals surface area (Å²) in [6, 6.07) is 4.34. The number of carbonyl (C=O) groups excluding carboxylic acids is 1. The molecular weight excluding hydrogens is 338 g/mol. The molecule has 0 spiro atoms. The van der Waals surface area contributed by atoms with Crippen LogP contribution in [0.1, 0.15) is 62.4 Å². The second-order valence-electron chi connectivity index (χ2n) is 8.17. The molecule has 1 aromatic rings. The summed E-state index contributed by atoms with van der Waals surface area (Å²) in [6.45, 7) is 8.04. The highest BCUT2D eigenvalue weighted by molar-refractivity contribution is 6.02. The summed E-state index contributed by atoms with van der Waals surface area (Å²) in [5, 5.41) is 12.6. The summed E-state index contributed by atoms with van der Waals surface area (Å²) in [5.41, 5.74) is 3.34. The van der Waals surface area contributed by atoms with E-state index in [2.05, 4.69) is 35.9 Å². The van der Waals surface area contributed by atoms with Crippen LogP contribution in [0.5, 0.6) is 0 Å². The number of aromatic nitrogens is 1. The average Bonchev–Trinajstić information content (AvgIpc) is 3.25. The molecule has 1 saturated carbocycles. The Morgan fingerprint density at radius 1 is 1.33 bits per heavy atom. The van der Waals surface area contributed by atoms with Crippen LogP contribution in [-0.4, -0.2) is 29.2 Å². The lowest BCUT2D eigenvalue weighted by Crippen LogP contribution is -2.37. The molecule has 5 nitrogen and oxygen atoms in total. The van der Waals surface area contributed by atoms with Crippen LogP contribution < -0.4 is 5.32 Å². The molecule has 1 aliphatic carbocycles. The largest absolute Gasteiger partial charge is 0.376 e. The van der Waals surface area contributed by atoms with Gasteiger partial charge in [0.25, 0.3) is 5.91 Å². The smallest absolute Gasteiger partial charge is 0.262 e. The summed E-state index contributed by atoms with van der Waals surface area (Å²) >= 11 is 0. The van der Waals surface area contributed by atoms with E-state index in [0.717, 1.165) is 74.5 Å². The third-order valence-corrected chi connectivity index (χ3v) is 6.04. The van der Waals surface area contributed by atoms with E-state index in [4.69, 9.17) is 4.74 Å². The van der Waals surface area contributed by atoms with Gasteiger partial charge in [0.05, 0.1) is 6.10 Å². The Morgan fingerprint density at radius 2 is 2.07 bits per heavy atom. The maximum atomic E-state index is 12.6. The molecule has 2 fully saturated rings. The minimum Gasteiger partial charge on any atom is -0.376 e. The van der Waals surface area contributed by atoms with Crippen molar-refractivity contribution >= 4 is 12.0 Å². The fourth-order valence-electron chi connectivity index (χ4n) is 4.22. The molecule has 5 heteroatoms. The fourth-order valence-corrected chi connectivity index (χ4v) is 4.22. The number of carbonyl (C=O) groups is 1. The highest BCUT2D eigenvalue weighted by Gasteiger charge is 2.22. The molecule has 0 aromatic carbocycles. The maximum absolute atomic E-state index is 12.6. The van der Waals surface area contributed by atoms with Crippen molar-refractivity contribution in [1.82, 2.24) is 9.88 Å². The monoisotopic (exact) mass is 369 g/mol. The van der Waals surface area contributed by atoms with Crippen LogP contribution in [0.2, 0.25) is 0 Å². The van der Waals surface area contributed by atoms with Crippen molar-refractivity contribution in [3.63, 3.8) is 0 Å². The Kier molecular flexibility index (Phi) is 6.38. The molecule has 0 bridgehead atoms. The predicted octanol–water partition coefficient (Wildman–Crippen LogP) is 3.89. The first-order chi connectivity index (χ1) is 13.0. The number of nitrogens with zero attached hydrogens (tertiary/aromatic N) is 2. The quantitative estimate of drug-likeness (QED) is 0.632. The lowest BCUT2D eigenvalue weighted by atomic mass is 9.87. The van der Waals surface area contributed by atoms with Gasteiger partial charge in [0.15, 0.2) is 0 Å². The van der Waals surface area contributed by atoms with Crippen LogP contribution in [0.15, 0.2) is 11.6 Å². The Balaban J connectivity index is 1.71. The van der Waals surface area contributed by atoms with E-state index in [-0.39, 0.29) is 23.6 Å². The van der Waals surface area contributed by atoms with Gasteiger partial charge in [0, 0.05) is 30.6 Å². The van der Waals surface area contributed by atoms with Gasteiger partial charge in [-0.05, 0) is 76.0 Å². The summed E-state index contributed by atoms with van der Waals surface area (Å²) in [4.78, 5) is 12.6. The molecule has 3 rings (SSSR count). The van der Waals surface area contributed by atoms with Gasteiger partial charge in [0.2, 0.25) is 0 Å². The van der Waals surface area contributed by atoms with Crippen molar-refractivity contribution in [3.05, 3.63) is 28.6 Å². The van der Waals surface area contributed by atoms with Crippen LogP contribution in [0.25, 0.3) is 6.08 Å². The van der Waals surface area contributed by atoms with E-state index in [9.17, 15) is 10.1 Å². The number of amides is 1. The highest BCUT2D eigenvalue weighted by Crippen LogP contribution is 2.24. The number of ether oxygens (including phenoxy) is 1. The predicted molar refractivity (Wildman–Crippen MR) is 106 cm³/mol. The van der Waals surface area contributed by atoms with Crippen LogP contribution in [0.3, 0.4) is 0 Å². The third kappa shape index (κ3) is 4.81. The second kappa shape index (κ2) is 8.75. The lowest BCUT2D eigenvalue weighted by Gasteiger charge is -2.26. The van der Waals surface area contributed by atoms with Gasteiger partial charge in [0.1, 0.15) is 11.6 Å². The Bertz CT molecular complexity index is 742. The van der Waals surface area contributed by atoms with Gasteiger partial charge in [-0.2, -0.15) is 5.26 Å². The Hall–Kier alpha value is -2.06. The maximum Gasteiger partial charge on any atom is 0.262 e. The van der Waals surface area contributed by atoms with Gasteiger partial charge in [-0.1, -0.05) is 6.92 Å². The van der Waals surface area contributed by atoms with E-state index >= 15 is 0 Å². The number of hydrogen-bond donors (Lipinski definition) is 1. The number of rotatable bonds is 5. The minimum atomic E-state index is -0.249. The zero-order valence-electron chi connectivity index (χ0n) is 16.8. The summed E-state index contributed by atoms with van der Waals surface area (Å²) in [7, 11) is 0. The molecule has 1 aliphatic heterocycles. The lowest BCUT2D eigenvalue weighted by molar-refractivity contribution is -0.118. The van der Waals surface area contributed by atoms with Crippen molar-refractivity contribution in [2.45, 2.75) is 78.0 Å². The van der Waals surface area contributed by atoms with E-state index in [0.29, 0.717) is 0 Å². The van der Waals surface area contributed by atoms with Gasteiger partial charge in [-0.25, -0.2) is 0 Å². The molecule has 2 heterocycles. The van der Waals surface area contributed by atoms with Crippen molar-refractivity contribution in [3.8, 4) is 6.07 Å². The molecule has 0 radical (unpaired) electrons. The number of hydrogen-bond acceptors (Lipinski definition) is 3. The topological polar surface area (TPSA) is 67.0 Å². The SMILES string of the molecule is Cc1cc(/C=C(\C#N)C(=O)NC2CCC(C)CC2)c(C)n1CC1CCCO1. The van der Waals surface area contributed by atoms with Gasteiger partial charge < -0.3 is 14.6 Å². The molecular formula is C22H31N3O2. The molecule has 1 N–H and O–H groups in total. The normalized spacial score (nSPS) is 26.0. The zero-order valence-corrected chi connectivity index (χ0v) is 16.8. The van der Waals surface area contributed by atoms with E-state index in [1.165, 1.54) is 0 Å². The average molecular weight is 370 g/mol. The van der Waals surface area contributed by atoms with Crippen LogP contribution in [-0.2, 0) is 16.1 Å². The van der Waals surface area contributed by atoms with E-state index in [1.807, 2.05) is 6.92 Å². The van der Waals surface area contributed by atoms with E-state index < -0.39 is 0 Å². The second-order valence-corrected chi connectivity index (χ2v) is 8.17. The Labute approximate surface area is 162 Å². The molecule has 1 amide bonds. The van der Waals surface area contributed by atoms with Crippen molar-refractivity contribution < 1.29 is 9.53 Å². The standard InChI is InChI=1S/C22H31N3O2/c1-15-6-8-20(9-7-15)24-22(26)19(13-23)12-18-11-16(2)25(17(18)3)14-21-5-4-10-27-21/h11-12,15,20-21H,4-10,14H2,1-3H3,(H,24,26)/b19-12+. The number of nitrogens with one attached hydrogen (secondary N) is 1. The third-order valence-electron chi connectivity index (χ3n) is 6.04. The first-order valence-corrected chi connectivity index (χ1v) is 10.2. The molecule has 27 heavy (non-hydrogen) atoms. The first-order valence-electron chi connectivity index (χ1n) is 10.2. The minimum absolute atomic E-state index is 0.186. The van der Waals surface area contributed by atoms with E-state index in [1.54, 1.807) is 6.08 Å². The molecule has 1 aromatic heterocycles. The number of nitriles is 1. The summed E-state index contributed by atoms with van der Waals surface area (Å²) < 4.78 is 7.99. The van der Waals surface area contributed by atoms with Gasteiger partial charge in [-0.15, -0.1) is 0 Å². The fraction of sp³-hybridized carbons (Fsp3) is 0.636. The number of aryl methyl sites for hydroxylation is 1.